The Kier molecular flexibility index (Phi) is 5.65. The molecule has 1 aliphatic heterocycles. The quantitative estimate of drug-likeness (QED) is 0.602. The lowest BCUT2D eigenvalue weighted by Gasteiger charge is -2.11. The van der Waals surface area contributed by atoms with Gasteiger partial charge < -0.3 is 15.3 Å². The van der Waals surface area contributed by atoms with Crippen LogP contribution in [-0.4, -0.2) is 48.7 Å². The highest BCUT2D eigenvalue weighted by molar-refractivity contribution is 5.83. The van der Waals surface area contributed by atoms with Crippen molar-refractivity contribution in [2.45, 2.75) is 38.1 Å². The van der Waals surface area contributed by atoms with Crippen molar-refractivity contribution in [1.29, 1.82) is 0 Å². The Morgan fingerprint density at radius 3 is 2.73 bits per heavy atom. The molecule has 0 bridgehead atoms. The van der Waals surface area contributed by atoms with Gasteiger partial charge in [-0.2, -0.15) is 0 Å². The summed E-state index contributed by atoms with van der Waals surface area (Å²) in [5.74, 6) is 0.227. The van der Waals surface area contributed by atoms with Gasteiger partial charge >= 0.3 is 0 Å². The lowest BCUT2D eigenvalue weighted by Crippen LogP contribution is -2.37. The predicted octanol–water partition coefficient (Wildman–Crippen LogP) is 0.359. The first kappa shape index (κ1) is 12.5. The Morgan fingerprint density at radius 2 is 2.13 bits per heavy atom. The molecule has 4 heteroatoms. The number of nitrogens with zero attached hydrogens (tertiary/aromatic N) is 1. The van der Waals surface area contributed by atoms with E-state index < -0.39 is 0 Å². The largest absolute Gasteiger partial charge is 0.396 e. The standard InChI is InChI=1S/C11H22N2O2/c1-13-8-6-10(11(13)15)12-7-4-2-3-5-9-14/h10,12,14H,2-9H2,1H3. The maximum absolute atomic E-state index is 11.5. The van der Waals surface area contributed by atoms with Gasteiger partial charge in [-0.3, -0.25) is 4.79 Å². The molecule has 1 unspecified atom stereocenters. The van der Waals surface area contributed by atoms with Gasteiger partial charge in [0.05, 0.1) is 6.04 Å². The van der Waals surface area contributed by atoms with Crippen LogP contribution >= 0.6 is 0 Å². The molecule has 88 valence electrons. The van der Waals surface area contributed by atoms with Crippen LogP contribution in [0, 0.1) is 0 Å². The van der Waals surface area contributed by atoms with Gasteiger partial charge in [0.1, 0.15) is 0 Å². The van der Waals surface area contributed by atoms with Gasteiger partial charge in [-0.25, -0.2) is 0 Å². The van der Waals surface area contributed by atoms with Crippen molar-refractivity contribution in [3.63, 3.8) is 0 Å². The highest BCUT2D eigenvalue weighted by Gasteiger charge is 2.27. The molecular formula is C11H22N2O2. The van der Waals surface area contributed by atoms with Gasteiger partial charge in [0, 0.05) is 20.2 Å². The third-order valence-corrected chi connectivity index (χ3v) is 2.90. The molecular weight excluding hydrogens is 192 g/mol. The van der Waals surface area contributed by atoms with Gasteiger partial charge in [0.15, 0.2) is 0 Å². The number of carbonyl (C=O) groups excluding carboxylic acids is 1. The molecule has 1 fully saturated rings. The zero-order valence-electron chi connectivity index (χ0n) is 9.54. The molecule has 2 N–H and O–H groups in total. The second-order valence-corrected chi connectivity index (χ2v) is 4.19. The molecule has 1 aliphatic rings. The monoisotopic (exact) mass is 214 g/mol. The second-order valence-electron chi connectivity index (χ2n) is 4.19. The fourth-order valence-electron chi connectivity index (χ4n) is 1.88. The summed E-state index contributed by atoms with van der Waals surface area (Å²) in [6.07, 6.45) is 5.13. The molecule has 1 rings (SSSR count). The number of hydrogen-bond donors (Lipinski definition) is 2. The molecule has 0 saturated carbocycles. The van der Waals surface area contributed by atoms with Gasteiger partial charge in [-0.15, -0.1) is 0 Å². The summed E-state index contributed by atoms with van der Waals surface area (Å²) < 4.78 is 0. The fourth-order valence-corrected chi connectivity index (χ4v) is 1.88. The van der Waals surface area contributed by atoms with E-state index >= 15 is 0 Å². The highest BCUT2D eigenvalue weighted by atomic mass is 16.2. The van der Waals surface area contributed by atoms with Crippen molar-refractivity contribution in [2.24, 2.45) is 0 Å². The highest BCUT2D eigenvalue weighted by Crippen LogP contribution is 2.08. The maximum Gasteiger partial charge on any atom is 0.239 e. The first-order chi connectivity index (χ1) is 7.25. The van der Waals surface area contributed by atoms with E-state index in [2.05, 4.69) is 5.32 Å². The zero-order chi connectivity index (χ0) is 11.1. The van der Waals surface area contributed by atoms with Gasteiger partial charge in [0.2, 0.25) is 5.91 Å². The van der Waals surface area contributed by atoms with Crippen LogP contribution in [0.5, 0.6) is 0 Å². The Labute approximate surface area is 91.6 Å². The van der Waals surface area contributed by atoms with E-state index in [0.717, 1.165) is 45.2 Å². The average Bonchev–Trinajstić information content (AvgIpc) is 2.54. The van der Waals surface area contributed by atoms with Crippen LogP contribution in [0.25, 0.3) is 0 Å². The van der Waals surface area contributed by atoms with Crippen molar-refractivity contribution in [2.75, 3.05) is 26.7 Å². The van der Waals surface area contributed by atoms with E-state index in [-0.39, 0.29) is 11.9 Å². The van der Waals surface area contributed by atoms with Crippen LogP contribution in [0.1, 0.15) is 32.1 Å². The van der Waals surface area contributed by atoms with Crippen molar-refractivity contribution in [3.8, 4) is 0 Å². The molecule has 0 aliphatic carbocycles. The summed E-state index contributed by atoms with van der Waals surface area (Å²) >= 11 is 0. The molecule has 0 radical (unpaired) electrons. The summed E-state index contributed by atoms with van der Waals surface area (Å²) in [5.41, 5.74) is 0. The molecule has 0 aromatic rings. The molecule has 15 heavy (non-hydrogen) atoms. The van der Waals surface area contributed by atoms with Crippen LogP contribution < -0.4 is 5.32 Å². The van der Waals surface area contributed by atoms with E-state index in [1.54, 1.807) is 4.90 Å². The summed E-state index contributed by atoms with van der Waals surface area (Å²) in [7, 11) is 1.85. The summed E-state index contributed by atoms with van der Waals surface area (Å²) in [6.45, 7) is 2.08. The van der Waals surface area contributed by atoms with Gasteiger partial charge in [0.25, 0.3) is 0 Å². The van der Waals surface area contributed by atoms with E-state index in [4.69, 9.17) is 5.11 Å². The number of aliphatic hydroxyl groups excluding tert-OH is 1. The summed E-state index contributed by atoms with van der Waals surface area (Å²) in [6, 6.07) is 0.0489. The minimum absolute atomic E-state index is 0.0489. The van der Waals surface area contributed by atoms with Crippen molar-refractivity contribution < 1.29 is 9.90 Å². The van der Waals surface area contributed by atoms with Crippen molar-refractivity contribution in [1.82, 2.24) is 10.2 Å². The second kappa shape index (κ2) is 6.80. The third-order valence-electron chi connectivity index (χ3n) is 2.90. The summed E-state index contributed by atoms with van der Waals surface area (Å²) in [5, 5.41) is 11.9. The minimum Gasteiger partial charge on any atom is -0.396 e. The number of carbonyl (C=O) groups is 1. The summed E-state index contributed by atoms with van der Waals surface area (Å²) in [4.78, 5) is 13.3. The maximum atomic E-state index is 11.5. The first-order valence-electron chi connectivity index (χ1n) is 5.85. The number of likely N-dealkylation sites (N-methyl/N-ethyl adjacent to an activating group) is 1. The van der Waals surface area contributed by atoms with Crippen LogP contribution in [0.2, 0.25) is 0 Å². The number of rotatable bonds is 7. The molecule has 1 saturated heterocycles. The van der Waals surface area contributed by atoms with Crippen molar-refractivity contribution >= 4 is 5.91 Å². The average molecular weight is 214 g/mol. The topological polar surface area (TPSA) is 52.6 Å². The van der Waals surface area contributed by atoms with Crippen LogP contribution in [0.15, 0.2) is 0 Å². The van der Waals surface area contributed by atoms with E-state index in [9.17, 15) is 4.79 Å². The molecule has 1 amide bonds. The van der Waals surface area contributed by atoms with Crippen LogP contribution in [0.4, 0.5) is 0 Å². The van der Waals surface area contributed by atoms with Gasteiger partial charge in [-0.1, -0.05) is 12.8 Å². The minimum atomic E-state index is 0.0489. The molecule has 0 aromatic heterocycles. The molecule has 4 nitrogen and oxygen atoms in total. The number of likely N-dealkylation sites (tertiary alicyclic amines) is 1. The zero-order valence-corrected chi connectivity index (χ0v) is 9.54. The molecule has 1 atom stereocenters. The molecule has 0 spiro atoms. The van der Waals surface area contributed by atoms with Crippen molar-refractivity contribution in [3.05, 3.63) is 0 Å². The Balaban J connectivity index is 1.98. The van der Waals surface area contributed by atoms with E-state index in [1.807, 2.05) is 7.05 Å². The first-order valence-corrected chi connectivity index (χ1v) is 5.85. The predicted molar refractivity (Wildman–Crippen MR) is 59.6 cm³/mol. The number of unbranched alkanes of at least 4 members (excludes halogenated alkanes) is 3. The number of amides is 1. The molecule has 1 heterocycles. The smallest absolute Gasteiger partial charge is 0.239 e. The third kappa shape index (κ3) is 4.18. The Bertz CT molecular complexity index is 197. The Morgan fingerprint density at radius 1 is 1.40 bits per heavy atom. The molecule has 0 aromatic carbocycles. The van der Waals surface area contributed by atoms with Gasteiger partial charge in [-0.05, 0) is 25.8 Å². The SMILES string of the molecule is CN1CCC(NCCCCCCO)C1=O. The fraction of sp³-hybridized carbons (Fsp3) is 0.909. The lowest BCUT2D eigenvalue weighted by molar-refractivity contribution is -0.128. The normalized spacial score (nSPS) is 21.3. The number of hydrogen-bond acceptors (Lipinski definition) is 3. The Hall–Kier alpha value is -0.610. The van der Waals surface area contributed by atoms with Crippen LogP contribution in [0.3, 0.4) is 0 Å². The number of aliphatic hydroxyl groups is 1. The lowest BCUT2D eigenvalue weighted by atomic mass is 10.2. The van der Waals surface area contributed by atoms with E-state index in [0.29, 0.717) is 6.61 Å². The number of nitrogens with one attached hydrogen (secondary N) is 1. The van der Waals surface area contributed by atoms with E-state index in [1.165, 1.54) is 0 Å². The van der Waals surface area contributed by atoms with Crippen LogP contribution in [-0.2, 0) is 4.79 Å².